The van der Waals surface area contributed by atoms with Crippen molar-refractivity contribution < 1.29 is 14.0 Å². The maximum absolute atomic E-state index is 12.9. The molecule has 140 valence electrons. The van der Waals surface area contributed by atoms with Crippen LogP contribution in [0, 0.1) is 5.82 Å². The minimum Gasteiger partial charge on any atom is -0.322 e. The van der Waals surface area contributed by atoms with Crippen LogP contribution in [0.4, 0.5) is 10.1 Å². The molecule has 5 nitrogen and oxygen atoms in total. The molecule has 1 N–H and O–H groups in total. The van der Waals surface area contributed by atoms with Crippen molar-refractivity contribution in [1.82, 2.24) is 4.90 Å². The summed E-state index contributed by atoms with van der Waals surface area (Å²) in [5.41, 5.74) is 0.475. The summed E-state index contributed by atoms with van der Waals surface area (Å²) in [6, 6.07) is 5.48. The van der Waals surface area contributed by atoms with Gasteiger partial charge in [0.2, 0.25) is 5.91 Å². The fourth-order valence-electron chi connectivity index (χ4n) is 2.30. The number of thioether (sulfide) groups is 1. The molecule has 2 rings (SSSR count). The first-order chi connectivity index (χ1) is 12.5. The Labute approximate surface area is 157 Å². The number of amides is 2. The number of unbranched alkanes of at least 4 members (excludes halogenated alkanes) is 2. The van der Waals surface area contributed by atoms with Gasteiger partial charge in [-0.2, -0.15) is 0 Å². The van der Waals surface area contributed by atoms with Crippen LogP contribution in [0.3, 0.4) is 0 Å². The van der Waals surface area contributed by atoms with Crippen LogP contribution < -0.4 is 5.32 Å². The van der Waals surface area contributed by atoms with E-state index < -0.39 is 5.91 Å². The summed E-state index contributed by atoms with van der Waals surface area (Å²) in [5.74, 6) is -0.979. The van der Waals surface area contributed by atoms with E-state index in [1.165, 1.54) is 42.1 Å². The number of benzene rings is 1. The summed E-state index contributed by atoms with van der Waals surface area (Å²) < 4.78 is 12.9. The fraction of sp³-hybridized carbons (Fsp3) is 0.421. The molecule has 0 saturated carbocycles. The van der Waals surface area contributed by atoms with Crippen LogP contribution in [-0.2, 0) is 9.59 Å². The molecule has 1 fully saturated rings. The molecule has 0 aromatic heterocycles. The van der Waals surface area contributed by atoms with Crippen molar-refractivity contribution in [3.05, 3.63) is 41.1 Å². The number of hydrogen-bond acceptors (Lipinski definition) is 4. The fourth-order valence-corrected chi connectivity index (χ4v) is 3.30. The van der Waals surface area contributed by atoms with E-state index in [1.54, 1.807) is 4.90 Å². The molecule has 1 heterocycles. The van der Waals surface area contributed by atoms with Gasteiger partial charge in [0.15, 0.2) is 5.17 Å². The highest BCUT2D eigenvalue weighted by atomic mass is 32.2. The quantitative estimate of drug-likeness (QED) is 0.546. The van der Waals surface area contributed by atoms with E-state index in [4.69, 9.17) is 0 Å². The molecular weight excluding hydrogens is 353 g/mol. The SMILES string of the molecule is CCCCN=C1SC(=CC(=O)Nc2ccc(F)cc2)C(=O)N1CCCC. The molecule has 26 heavy (non-hydrogen) atoms. The third kappa shape index (κ3) is 5.69. The summed E-state index contributed by atoms with van der Waals surface area (Å²) in [6.07, 6.45) is 5.14. The van der Waals surface area contributed by atoms with Crippen LogP contribution in [0.15, 0.2) is 40.2 Å². The Morgan fingerprint density at radius 3 is 2.58 bits per heavy atom. The average molecular weight is 377 g/mol. The number of rotatable bonds is 8. The summed E-state index contributed by atoms with van der Waals surface area (Å²) in [4.78, 5) is 31.3. The van der Waals surface area contributed by atoms with Crippen molar-refractivity contribution in [1.29, 1.82) is 0 Å². The summed E-state index contributed by atoms with van der Waals surface area (Å²) in [6.45, 7) is 5.43. The van der Waals surface area contributed by atoms with E-state index in [1.807, 2.05) is 0 Å². The van der Waals surface area contributed by atoms with Gasteiger partial charge in [-0.3, -0.25) is 19.5 Å². The van der Waals surface area contributed by atoms with E-state index in [0.29, 0.717) is 28.8 Å². The lowest BCUT2D eigenvalue weighted by atomic mass is 10.3. The second-order valence-corrected chi connectivity index (χ2v) is 6.94. The van der Waals surface area contributed by atoms with Gasteiger partial charge in [0, 0.05) is 24.9 Å². The molecule has 0 radical (unpaired) electrons. The third-order valence-corrected chi connectivity index (χ3v) is 4.80. The monoisotopic (exact) mass is 377 g/mol. The number of hydrogen-bond donors (Lipinski definition) is 1. The number of carbonyl (C=O) groups is 2. The number of anilines is 1. The van der Waals surface area contributed by atoms with Gasteiger partial charge in [0.25, 0.3) is 5.91 Å². The van der Waals surface area contributed by atoms with E-state index in [0.717, 1.165) is 25.7 Å². The molecule has 1 saturated heterocycles. The standard InChI is InChI=1S/C19H24FN3O2S/c1-3-5-11-21-19-23(12-6-4-2)18(25)16(26-19)13-17(24)22-15-9-7-14(20)8-10-15/h7-10,13H,3-6,11-12H2,1-2H3,(H,22,24). The van der Waals surface area contributed by atoms with Gasteiger partial charge in [-0.15, -0.1) is 0 Å². The molecule has 1 aromatic rings. The zero-order valence-corrected chi connectivity index (χ0v) is 15.9. The minimum absolute atomic E-state index is 0.187. The van der Waals surface area contributed by atoms with Gasteiger partial charge >= 0.3 is 0 Å². The molecular formula is C19H24FN3O2S. The van der Waals surface area contributed by atoms with Gasteiger partial charge in [-0.1, -0.05) is 26.7 Å². The highest BCUT2D eigenvalue weighted by Crippen LogP contribution is 2.31. The molecule has 0 aliphatic carbocycles. The lowest BCUT2D eigenvalue weighted by molar-refractivity contribution is -0.122. The van der Waals surface area contributed by atoms with Crippen LogP contribution in [-0.4, -0.2) is 35.0 Å². The maximum Gasteiger partial charge on any atom is 0.266 e. The second-order valence-electron chi connectivity index (χ2n) is 5.93. The predicted octanol–water partition coefficient (Wildman–Crippen LogP) is 4.18. The smallest absolute Gasteiger partial charge is 0.266 e. The van der Waals surface area contributed by atoms with Crippen molar-refractivity contribution in [2.45, 2.75) is 39.5 Å². The van der Waals surface area contributed by atoms with Crippen LogP contribution in [0.5, 0.6) is 0 Å². The van der Waals surface area contributed by atoms with Crippen molar-refractivity contribution >= 4 is 34.4 Å². The Bertz CT molecular complexity index is 701. The number of aliphatic imine (C=N–C) groups is 1. The van der Waals surface area contributed by atoms with Gasteiger partial charge in [-0.25, -0.2) is 4.39 Å². The first-order valence-electron chi connectivity index (χ1n) is 8.87. The first-order valence-corrected chi connectivity index (χ1v) is 9.69. The minimum atomic E-state index is -0.419. The Morgan fingerprint density at radius 2 is 1.92 bits per heavy atom. The molecule has 1 aromatic carbocycles. The number of carbonyl (C=O) groups excluding carboxylic acids is 2. The highest BCUT2D eigenvalue weighted by Gasteiger charge is 2.33. The normalized spacial score (nSPS) is 17.3. The summed E-state index contributed by atoms with van der Waals surface area (Å²) in [7, 11) is 0. The number of nitrogens with one attached hydrogen (secondary N) is 1. The summed E-state index contributed by atoms with van der Waals surface area (Å²) >= 11 is 1.24. The summed E-state index contributed by atoms with van der Waals surface area (Å²) in [5, 5.41) is 3.30. The lowest BCUT2D eigenvalue weighted by Crippen LogP contribution is -2.30. The first kappa shape index (κ1) is 20.2. The molecule has 0 atom stereocenters. The topological polar surface area (TPSA) is 61.8 Å². The third-order valence-electron chi connectivity index (χ3n) is 3.76. The Morgan fingerprint density at radius 1 is 1.23 bits per heavy atom. The van der Waals surface area contributed by atoms with E-state index in [2.05, 4.69) is 24.2 Å². The van der Waals surface area contributed by atoms with Crippen molar-refractivity contribution in [3.63, 3.8) is 0 Å². The number of halogens is 1. The average Bonchev–Trinajstić information content (AvgIpc) is 2.90. The molecule has 1 aliphatic heterocycles. The van der Waals surface area contributed by atoms with E-state index >= 15 is 0 Å². The second kappa shape index (κ2) is 10.1. The zero-order chi connectivity index (χ0) is 18.9. The Balaban J connectivity index is 2.10. The zero-order valence-electron chi connectivity index (χ0n) is 15.1. The van der Waals surface area contributed by atoms with Gasteiger partial charge < -0.3 is 5.32 Å². The van der Waals surface area contributed by atoms with Crippen molar-refractivity contribution in [2.24, 2.45) is 4.99 Å². The Hall–Kier alpha value is -2.15. The largest absolute Gasteiger partial charge is 0.322 e. The number of amidine groups is 1. The number of nitrogens with zero attached hydrogens (tertiary/aromatic N) is 2. The molecule has 0 spiro atoms. The van der Waals surface area contributed by atoms with Crippen LogP contribution >= 0.6 is 11.8 Å². The van der Waals surface area contributed by atoms with Crippen molar-refractivity contribution in [2.75, 3.05) is 18.4 Å². The highest BCUT2D eigenvalue weighted by molar-refractivity contribution is 8.18. The molecule has 0 bridgehead atoms. The van der Waals surface area contributed by atoms with Crippen LogP contribution in [0.2, 0.25) is 0 Å². The molecule has 7 heteroatoms. The predicted molar refractivity (Wildman–Crippen MR) is 105 cm³/mol. The van der Waals surface area contributed by atoms with E-state index in [-0.39, 0.29) is 11.7 Å². The molecule has 1 aliphatic rings. The molecule has 2 amide bonds. The van der Waals surface area contributed by atoms with Gasteiger partial charge in [-0.05, 0) is 48.9 Å². The van der Waals surface area contributed by atoms with E-state index in [9.17, 15) is 14.0 Å². The van der Waals surface area contributed by atoms with Crippen molar-refractivity contribution in [3.8, 4) is 0 Å². The Kier molecular flexibility index (Phi) is 7.84. The molecule has 0 unspecified atom stereocenters. The van der Waals surface area contributed by atoms with Gasteiger partial charge in [0.1, 0.15) is 5.82 Å². The van der Waals surface area contributed by atoms with Crippen LogP contribution in [0.25, 0.3) is 0 Å². The van der Waals surface area contributed by atoms with Crippen LogP contribution in [0.1, 0.15) is 39.5 Å². The van der Waals surface area contributed by atoms with Gasteiger partial charge in [0.05, 0.1) is 4.91 Å². The lowest BCUT2D eigenvalue weighted by Gasteiger charge is -2.14. The maximum atomic E-state index is 12.9.